The van der Waals surface area contributed by atoms with E-state index < -0.39 is 35.6 Å². The molecule has 0 radical (unpaired) electrons. The molecule has 7 nitrogen and oxygen atoms in total. The van der Waals surface area contributed by atoms with Crippen LogP contribution in [-0.2, 0) is 20.8 Å². The Morgan fingerprint density at radius 3 is 2.29 bits per heavy atom. The summed E-state index contributed by atoms with van der Waals surface area (Å²) >= 11 is 0.739. The van der Waals surface area contributed by atoms with Gasteiger partial charge in [-0.25, -0.2) is 0 Å². The van der Waals surface area contributed by atoms with Crippen molar-refractivity contribution in [3.8, 4) is 0 Å². The molecule has 1 aromatic rings. The molecule has 0 saturated heterocycles. The van der Waals surface area contributed by atoms with E-state index in [0.717, 1.165) is 17.5 Å². The second-order valence-corrected chi connectivity index (χ2v) is 5.32. The van der Waals surface area contributed by atoms with E-state index in [4.69, 9.17) is 15.9 Å². The van der Waals surface area contributed by atoms with Crippen LogP contribution in [0.25, 0.3) is 0 Å². The zero-order valence-corrected chi connectivity index (χ0v) is 11.9. The van der Waals surface area contributed by atoms with Crippen LogP contribution >= 0.6 is 11.9 Å². The largest absolute Gasteiger partial charge is 0.480 e. The first-order valence-electron chi connectivity index (χ1n) is 6.09. The number of carbonyl (C=O) groups excluding carboxylic acids is 1. The summed E-state index contributed by atoms with van der Waals surface area (Å²) in [7, 11) is 0. The molecule has 2 atom stereocenters. The van der Waals surface area contributed by atoms with Gasteiger partial charge in [0.05, 0.1) is 6.42 Å². The van der Waals surface area contributed by atoms with Gasteiger partial charge in [0.25, 0.3) is 0 Å². The van der Waals surface area contributed by atoms with Gasteiger partial charge in [-0.15, -0.1) is 0 Å². The standard InChI is InChI=1S/C13H16N2O5S/c14-9(12(17)18)7-11(16)15-21-10(13(19)20)6-8-4-2-1-3-5-8/h1-5,9-10H,6-7,14H2,(H,15,16)(H,17,18)(H,19,20)/t9-,10-/m0/s1. The Hall–Kier alpha value is -2.06. The third-order valence-electron chi connectivity index (χ3n) is 2.58. The zero-order chi connectivity index (χ0) is 15.8. The fourth-order valence-electron chi connectivity index (χ4n) is 1.47. The lowest BCUT2D eigenvalue weighted by atomic mass is 10.1. The minimum absolute atomic E-state index is 0.242. The number of nitrogens with two attached hydrogens (primary N) is 1. The van der Waals surface area contributed by atoms with Crippen molar-refractivity contribution in [3.05, 3.63) is 35.9 Å². The Bertz CT molecular complexity index is 509. The van der Waals surface area contributed by atoms with Gasteiger partial charge in [-0.2, -0.15) is 0 Å². The van der Waals surface area contributed by atoms with E-state index in [9.17, 15) is 14.4 Å². The van der Waals surface area contributed by atoms with Gasteiger partial charge in [-0.05, 0) is 23.9 Å². The van der Waals surface area contributed by atoms with E-state index in [2.05, 4.69) is 4.72 Å². The van der Waals surface area contributed by atoms with Crippen molar-refractivity contribution in [2.24, 2.45) is 5.73 Å². The number of benzene rings is 1. The van der Waals surface area contributed by atoms with E-state index in [1.165, 1.54) is 0 Å². The summed E-state index contributed by atoms with van der Waals surface area (Å²) in [4.78, 5) is 33.1. The first-order chi connectivity index (χ1) is 9.90. The Labute approximate surface area is 125 Å². The van der Waals surface area contributed by atoms with Gasteiger partial charge in [0.15, 0.2) is 0 Å². The van der Waals surface area contributed by atoms with E-state index in [-0.39, 0.29) is 6.42 Å². The molecule has 0 unspecified atom stereocenters. The number of carboxylic acid groups (broad SMARTS) is 2. The lowest BCUT2D eigenvalue weighted by Crippen LogP contribution is -2.36. The SMILES string of the molecule is N[C@@H](CC(=O)NS[C@@H](Cc1ccccc1)C(=O)O)C(=O)O. The second-order valence-electron chi connectivity index (χ2n) is 4.31. The smallest absolute Gasteiger partial charge is 0.321 e. The average Bonchev–Trinajstić information content (AvgIpc) is 2.44. The van der Waals surface area contributed by atoms with Crippen LogP contribution in [0.5, 0.6) is 0 Å². The van der Waals surface area contributed by atoms with Crippen LogP contribution in [0.3, 0.4) is 0 Å². The number of carbonyl (C=O) groups is 3. The number of aliphatic carboxylic acids is 2. The maximum atomic E-state index is 11.5. The molecule has 1 amide bonds. The van der Waals surface area contributed by atoms with Crippen LogP contribution in [0.15, 0.2) is 30.3 Å². The molecular weight excluding hydrogens is 296 g/mol. The Morgan fingerprint density at radius 1 is 1.14 bits per heavy atom. The molecule has 0 aliphatic carbocycles. The van der Waals surface area contributed by atoms with Gasteiger partial charge < -0.3 is 15.9 Å². The maximum Gasteiger partial charge on any atom is 0.321 e. The van der Waals surface area contributed by atoms with Crippen molar-refractivity contribution < 1.29 is 24.6 Å². The third-order valence-corrected chi connectivity index (χ3v) is 3.58. The van der Waals surface area contributed by atoms with Crippen molar-refractivity contribution in [3.63, 3.8) is 0 Å². The fourth-order valence-corrected chi connectivity index (χ4v) is 2.21. The molecule has 0 bridgehead atoms. The Balaban J connectivity index is 2.50. The highest BCUT2D eigenvalue weighted by molar-refractivity contribution is 7.99. The Morgan fingerprint density at radius 2 is 1.76 bits per heavy atom. The first kappa shape index (κ1) is 17.0. The van der Waals surface area contributed by atoms with Gasteiger partial charge in [-0.3, -0.25) is 19.1 Å². The molecular formula is C13H16N2O5S. The highest BCUT2D eigenvalue weighted by Crippen LogP contribution is 2.14. The van der Waals surface area contributed by atoms with Gasteiger partial charge in [0, 0.05) is 0 Å². The first-order valence-corrected chi connectivity index (χ1v) is 6.97. The summed E-state index contributed by atoms with van der Waals surface area (Å²) in [6, 6.07) is 7.69. The molecule has 0 fully saturated rings. The van der Waals surface area contributed by atoms with Crippen LogP contribution in [0.4, 0.5) is 0 Å². The molecule has 0 aliphatic heterocycles. The minimum Gasteiger partial charge on any atom is -0.480 e. The van der Waals surface area contributed by atoms with Gasteiger partial charge in [-0.1, -0.05) is 30.3 Å². The molecule has 0 spiro atoms. The molecule has 1 rings (SSSR count). The highest BCUT2D eigenvalue weighted by atomic mass is 32.2. The number of carboxylic acids is 2. The van der Waals surface area contributed by atoms with Gasteiger partial charge in [0.1, 0.15) is 11.3 Å². The topological polar surface area (TPSA) is 130 Å². The van der Waals surface area contributed by atoms with E-state index in [1.807, 2.05) is 6.07 Å². The zero-order valence-electron chi connectivity index (χ0n) is 11.1. The van der Waals surface area contributed by atoms with Crippen LogP contribution < -0.4 is 10.5 Å². The van der Waals surface area contributed by atoms with Crippen molar-refractivity contribution in [2.45, 2.75) is 24.1 Å². The normalized spacial score (nSPS) is 13.2. The summed E-state index contributed by atoms with van der Waals surface area (Å²) in [5.41, 5.74) is 6.05. The van der Waals surface area contributed by atoms with Crippen LogP contribution in [-0.4, -0.2) is 39.4 Å². The molecule has 0 saturated carbocycles. The maximum absolute atomic E-state index is 11.5. The summed E-state index contributed by atoms with van der Waals surface area (Å²) in [6.45, 7) is 0. The third kappa shape index (κ3) is 6.28. The summed E-state index contributed by atoms with van der Waals surface area (Å²) in [5, 5.41) is 16.8. The average molecular weight is 312 g/mol. The predicted molar refractivity (Wildman–Crippen MR) is 77.5 cm³/mol. The number of hydrogen-bond donors (Lipinski definition) is 4. The van der Waals surface area contributed by atoms with Crippen molar-refractivity contribution in [1.82, 2.24) is 4.72 Å². The van der Waals surface area contributed by atoms with Crippen LogP contribution in [0, 0.1) is 0 Å². The fraction of sp³-hybridized carbons (Fsp3) is 0.308. The molecule has 114 valence electrons. The molecule has 5 N–H and O–H groups in total. The summed E-state index contributed by atoms with van der Waals surface area (Å²) < 4.78 is 2.32. The molecule has 1 aromatic carbocycles. The number of amides is 1. The minimum atomic E-state index is -1.30. The van der Waals surface area contributed by atoms with E-state index in [0.29, 0.717) is 0 Å². The highest BCUT2D eigenvalue weighted by Gasteiger charge is 2.22. The van der Waals surface area contributed by atoms with Gasteiger partial charge in [0.2, 0.25) is 5.91 Å². The van der Waals surface area contributed by atoms with Crippen molar-refractivity contribution in [2.75, 3.05) is 0 Å². The monoisotopic (exact) mass is 312 g/mol. The molecule has 8 heteroatoms. The molecule has 0 aliphatic rings. The molecule has 0 aromatic heterocycles. The summed E-state index contributed by atoms with van der Waals surface area (Å²) in [5.74, 6) is -2.96. The van der Waals surface area contributed by atoms with Gasteiger partial charge >= 0.3 is 11.9 Å². The second kappa shape index (κ2) is 8.28. The van der Waals surface area contributed by atoms with Crippen LogP contribution in [0.2, 0.25) is 0 Å². The van der Waals surface area contributed by atoms with Crippen LogP contribution in [0.1, 0.15) is 12.0 Å². The van der Waals surface area contributed by atoms with E-state index >= 15 is 0 Å². The number of nitrogens with one attached hydrogen (secondary N) is 1. The van der Waals surface area contributed by atoms with Crippen molar-refractivity contribution in [1.29, 1.82) is 0 Å². The number of rotatable bonds is 8. The molecule has 21 heavy (non-hydrogen) atoms. The summed E-state index contributed by atoms with van der Waals surface area (Å²) in [6.07, 6.45) is -0.161. The lowest BCUT2D eigenvalue weighted by Gasteiger charge is -2.13. The quantitative estimate of drug-likeness (QED) is 0.506. The lowest BCUT2D eigenvalue weighted by molar-refractivity contribution is -0.140. The number of hydrogen-bond acceptors (Lipinski definition) is 5. The Kier molecular flexibility index (Phi) is 6.70. The molecule has 0 heterocycles. The predicted octanol–water partition coefficient (Wildman–Crippen LogP) is 0.249. The van der Waals surface area contributed by atoms with Crippen molar-refractivity contribution >= 4 is 29.8 Å². The van der Waals surface area contributed by atoms with E-state index in [1.54, 1.807) is 24.3 Å².